The Balaban J connectivity index is 2.45. The van der Waals surface area contributed by atoms with Crippen molar-refractivity contribution in [1.29, 1.82) is 0 Å². The fraction of sp³-hybridized carbons (Fsp3) is 0.889. The van der Waals surface area contributed by atoms with E-state index in [4.69, 9.17) is 0 Å². The first-order valence-corrected chi connectivity index (χ1v) is 4.46. The minimum Gasteiger partial charge on any atom is -0.359 e. The van der Waals surface area contributed by atoms with Crippen molar-refractivity contribution in [1.82, 2.24) is 10.2 Å². The maximum absolute atomic E-state index is 11.3. The van der Waals surface area contributed by atoms with Crippen LogP contribution in [0.25, 0.3) is 0 Å². The number of nitrogens with zero attached hydrogens (tertiary/aromatic N) is 1. The van der Waals surface area contributed by atoms with Gasteiger partial charge in [-0.25, -0.2) is 0 Å². The van der Waals surface area contributed by atoms with Crippen molar-refractivity contribution in [3.8, 4) is 0 Å². The first-order valence-electron chi connectivity index (χ1n) is 4.46. The van der Waals surface area contributed by atoms with Crippen LogP contribution in [0, 0.1) is 5.41 Å². The summed E-state index contributed by atoms with van der Waals surface area (Å²) >= 11 is 0. The molecule has 1 heterocycles. The molecule has 3 heteroatoms. The minimum absolute atomic E-state index is 0.140. The largest absolute Gasteiger partial charge is 0.359 e. The van der Waals surface area contributed by atoms with E-state index >= 15 is 0 Å². The molecule has 1 aliphatic heterocycles. The smallest absolute Gasteiger partial charge is 0.228 e. The van der Waals surface area contributed by atoms with E-state index in [1.807, 2.05) is 6.92 Å². The highest BCUT2D eigenvalue weighted by molar-refractivity contribution is 5.83. The molecule has 12 heavy (non-hydrogen) atoms. The van der Waals surface area contributed by atoms with Crippen molar-refractivity contribution in [2.24, 2.45) is 5.41 Å². The maximum Gasteiger partial charge on any atom is 0.228 e. The highest BCUT2D eigenvalue weighted by Crippen LogP contribution is 2.31. The van der Waals surface area contributed by atoms with Gasteiger partial charge in [0.15, 0.2) is 0 Å². The molecular weight excluding hydrogens is 152 g/mol. The first kappa shape index (κ1) is 9.52. The predicted molar refractivity (Wildman–Crippen MR) is 48.9 cm³/mol. The Kier molecular flexibility index (Phi) is 2.42. The van der Waals surface area contributed by atoms with E-state index in [2.05, 4.69) is 24.1 Å². The third-order valence-electron chi connectivity index (χ3n) is 2.61. The molecule has 0 atom stereocenters. The summed E-state index contributed by atoms with van der Waals surface area (Å²) in [5.74, 6) is 0.166. The van der Waals surface area contributed by atoms with Crippen LogP contribution in [0.2, 0.25) is 0 Å². The second kappa shape index (κ2) is 3.05. The van der Waals surface area contributed by atoms with Gasteiger partial charge in [0.1, 0.15) is 0 Å². The minimum atomic E-state index is -0.140. The van der Waals surface area contributed by atoms with Gasteiger partial charge in [-0.05, 0) is 20.8 Å². The van der Waals surface area contributed by atoms with Gasteiger partial charge < -0.3 is 5.32 Å². The Bertz CT molecular complexity index is 183. The van der Waals surface area contributed by atoms with E-state index in [-0.39, 0.29) is 11.3 Å². The van der Waals surface area contributed by atoms with E-state index in [1.165, 1.54) is 0 Å². The van der Waals surface area contributed by atoms with Crippen LogP contribution in [-0.4, -0.2) is 37.0 Å². The molecular formula is C9H18N2O. The predicted octanol–water partition coefficient (Wildman–Crippen LogP) is 0.463. The lowest BCUT2D eigenvalue weighted by Crippen LogP contribution is -2.62. The van der Waals surface area contributed by atoms with Gasteiger partial charge in [-0.2, -0.15) is 0 Å². The third kappa shape index (κ3) is 1.46. The molecule has 3 nitrogen and oxygen atoms in total. The number of amides is 1. The second-order valence-corrected chi connectivity index (χ2v) is 4.14. The lowest BCUT2D eigenvalue weighted by atomic mass is 9.80. The number of rotatable bonds is 2. The molecule has 0 unspecified atom stereocenters. The summed E-state index contributed by atoms with van der Waals surface area (Å²) < 4.78 is 0. The summed E-state index contributed by atoms with van der Waals surface area (Å²) in [7, 11) is 1.70. The van der Waals surface area contributed by atoms with Gasteiger partial charge >= 0.3 is 0 Å². The molecule has 0 bridgehead atoms. The zero-order valence-corrected chi connectivity index (χ0v) is 8.35. The van der Waals surface area contributed by atoms with Crippen LogP contribution in [0.1, 0.15) is 20.8 Å². The normalized spacial score (nSPS) is 22.1. The quantitative estimate of drug-likeness (QED) is 0.653. The second-order valence-electron chi connectivity index (χ2n) is 4.14. The Morgan fingerprint density at radius 2 is 2.00 bits per heavy atom. The number of likely N-dealkylation sites (tertiary alicyclic amines) is 1. The molecule has 0 aliphatic carbocycles. The summed E-state index contributed by atoms with van der Waals surface area (Å²) in [5.41, 5.74) is -0.140. The van der Waals surface area contributed by atoms with Crippen molar-refractivity contribution in [2.45, 2.75) is 26.8 Å². The molecule has 1 amide bonds. The Morgan fingerprint density at radius 1 is 1.50 bits per heavy atom. The summed E-state index contributed by atoms with van der Waals surface area (Å²) in [6, 6.07) is 0.558. The van der Waals surface area contributed by atoms with Gasteiger partial charge in [0, 0.05) is 26.2 Å². The van der Waals surface area contributed by atoms with Crippen LogP contribution in [-0.2, 0) is 4.79 Å². The molecule has 0 saturated carbocycles. The molecule has 0 aromatic carbocycles. The van der Waals surface area contributed by atoms with Crippen molar-refractivity contribution < 1.29 is 4.79 Å². The average Bonchev–Trinajstić information content (AvgIpc) is 1.96. The zero-order chi connectivity index (χ0) is 9.35. The summed E-state index contributed by atoms with van der Waals surface area (Å²) in [5, 5.41) is 2.70. The fourth-order valence-electron chi connectivity index (χ4n) is 1.66. The Labute approximate surface area is 74.1 Å². The molecule has 0 spiro atoms. The average molecular weight is 170 g/mol. The van der Waals surface area contributed by atoms with Crippen LogP contribution in [0.15, 0.2) is 0 Å². The van der Waals surface area contributed by atoms with Gasteiger partial charge in [0.05, 0.1) is 5.41 Å². The molecule has 1 saturated heterocycles. The van der Waals surface area contributed by atoms with Crippen molar-refractivity contribution in [3.05, 3.63) is 0 Å². The molecule has 1 aliphatic rings. The topological polar surface area (TPSA) is 32.3 Å². The number of hydrogen-bond acceptors (Lipinski definition) is 2. The van der Waals surface area contributed by atoms with Crippen LogP contribution < -0.4 is 5.32 Å². The van der Waals surface area contributed by atoms with Crippen LogP contribution in [0.5, 0.6) is 0 Å². The van der Waals surface area contributed by atoms with E-state index < -0.39 is 0 Å². The summed E-state index contributed by atoms with van der Waals surface area (Å²) in [6.07, 6.45) is 0. The number of carbonyl (C=O) groups is 1. The number of nitrogens with one attached hydrogen (secondary N) is 1. The summed E-state index contributed by atoms with van der Waals surface area (Å²) in [4.78, 5) is 13.6. The van der Waals surface area contributed by atoms with Crippen LogP contribution >= 0.6 is 0 Å². The monoisotopic (exact) mass is 170 g/mol. The molecule has 70 valence electrons. The summed E-state index contributed by atoms with van der Waals surface area (Å²) in [6.45, 7) is 8.12. The lowest BCUT2D eigenvalue weighted by Gasteiger charge is -2.48. The van der Waals surface area contributed by atoms with E-state index in [9.17, 15) is 4.79 Å². The van der Waals surface area contributed by atoms with Crippen LogP contribution in [0.3, 0.4) is 0 Å². The highest BCUT2D eigenvalue weighted by atomic mass is 16.2. The van der Waals surface area contributed by atoms with Gasteiger partial charge in [-0.15, -0.1) is 0 Å². The van der Waals surface area contributed by atoms with E-state index in [0.717, 1.165) is 13.1 Å². The van der Waals surface area contributed by atoms with E-state index in [0.29, 0.717) is 6.04 Å². The maximum atomic E-state index is 11.3. The van der Waals surface area contributed by atoms with Crippen molar-refractivity contribution >= 4 is 5.91 Å². The van der Waals surface area contributed by atoms with Gasteiger partial charge in [-0.3, -0.25) is 9.69 Å². The van der Waals surface area contributed by atoms with Crippen molar-refractivity contribution in [2.75, 3.05) is 20.1 Å². The molecule has 0 radical (unpaired) electrons. The number of hydrogen-bond donors (Lipinski definition) is 1. The zero-order valence-electron chi connectivity index (χ0n) is 8.35. The van der Waals surface area contributed by atoms with Gasteiger partial charge in [0.25, 0.3) is 0 Å². The highest BCUT2D eigenvalue weighted by Gasteiger charge is 2.45. The van der Waals surface area contributed by atoms with Crippen LogP contribution in [0.4, 0.5) is 0 Å². The molecule has 1 rings (SSSR count). The SMILES string of the molecule is CNC(=O)C1(C)CN(C(C)C)C1. The number of carbonyl (C=O) groups excluding carboxylic acids is 1. The lowest BCUT2D eigenvalue weighted by molar-refractivity contribution is -0.140. The molecule has 1 N–H and O–H groups in total. The van der Waals surface area contributed by atoms with Crippen molar-refractivity contribution in [3.63, 3.8) is 0 Å². The third-order valence-corrected chi connectivity index (χ3v) is 2.61. The van der Waals surface area contributed by atoms with E-state index in [1.54, 1.807) is 7.05 Å². The Morgan fingerprint density at radius 3 is 2.33 bits per heavy atom. The first-order chi connectivity index (χ1) is 5.49. The Hall–Kier alpha value is -0.570. The van der Waals surface area contributed by atoms with Gasteiger partial charge in [0.2, 0.25) is 5.91 Å². The standard InChI is InChI=1S/C9H18N2O/c1-7(2)11-5-9(3,6-11)8(12)10-4/h7H,5-6H2,1-4H3,(H,10,12). The molecule has 0 aromatic heterocycles. The molecule has 0 aromatic rings. The fourth-order valence-corrected chi connectivity index (χ4v) is 1.66. The molecule has 1 fully saturated rings. The van der Waals surface area contributed by atoms with Gasteiger partial charge in [-0.1, -0.05) is 0 Å².